The van der Waals surface area contributed by atoms with Crippen LogP contribution in [0.4, 0.5) is 0 Å². The molecule has 0 aromatic carbocycles. The van der Waals surface area contributed by atoms with Crippen molar-refractivity contribution >= 4 is 0 Å². The SMILES string of the molecule is O=c1ccc(CC2CCNC2)n[nH]1. The minimum Gasteiger partial charge on any atom is -0.316 e. The molecule has 0 bridgehead atoms. The standard InChI is InChI=1S/C9H13N3O/c13-9-2-1-8(11-12-9)5-7-3-4-10-6-7/h1-2,7,10H,3-6H2,(H,12,13). The fourth-order valence-corrected chi connectivity index (χ4v) is 1.67. The molecule has 1 aliphatic heterocycles. The summed E-state index contributed by atoms with van der Waals surface area (Å²) in [5.41, 5.74) is 0.849. The molecule has 2 rings (SSSR count). The van der Waals surface area contributed by atoms with Crippen LogP contribution in [0.3, 0.4) is 0 Å². The van der Waals surface area contributed by atoms with Crippen LogP contribution in [0.25, 0.3) is 0 Å². The number of nitrogens with one attached hydrogen (secondary N) is 2. The van der Waals surface area contributed by atoms with Crippen molar-refractivity contribution < 1.29 is 0 Å². The molecule has 2 heterocycles. The van der Waals surface area contributed by atoms with E-state index in [0.717, 1.165) is 25.2 Å². The minimum absolute atomic E-state index is 0.131. The Bertz CT molecular complexity index is 307. The number of hydrogen-bond acceptors (Lipinski definition) is 3. The van der Waals surface area contributed by atoms with E-state index >= 15 is 0 Å². The zero-order valence-electron chi connectivity index (χ0n) is 7.42. The van der Waals surface area contributed by atoms with Crippen molar-refractivity contribution in [1.82, 2.24) is 15.5 Å². The molecule has 1 atom stereocenters. The van der Waals surface area contributed by atoms with Gasteiger partial charge in [-0.1, -0.05) is 0 Å². The van der Waals surface area contributed by atoms with Crippen molar-refractivity contribution in [2.24, 2.45) is 5.92 Å². The summed E-state index contributed by atoms with van der Waals surface area (Å²) in [5, 5.41) is 9.73. The summed E-state index contributed by atoms with van der Waals surface area (Å²) in [5.74, 6) is 0.679. The first kappa shape index (κ1) is 8.44. The van der Waals surface area contributed by atoms with Gasteiger partial charge in [0.25, 0.3) is 5.56 Å². The topological polar surface area (TPSA) is 57.8 Å². The maximum atomic E-state index is 10.7. The normalized spacial score (nSPS) is 22.0. The molecule has 4 nitrogen and oxygen atoms in total. The fraction of sp³-hybridized carbons (Fsp3) is 0.556. The van der Waals surface area contributed by atoms with Crippen LogP contribution in [-0.4, -0.2) is 23.3 Å². The average Bonchev–Trinajstić information content (AvgIpc) is 2.62. The molecular formula is C9H13N3O. The molecule has 1 aromatic heterocycles. The predicted octanol–water partition coefficient (Wildman–Crippen LogP) is -0.0781. The zero-order chi connectivity index (χ0) is 9.10. The van der Waals surface area contributed by atoms with Gasteiger partial charge in [-0.3, -0.25) is 4.79 Å². The summed E-state index contributed by atoms with van der Waals surface area (Å²) in [6.07, 6.45) is 2.17. The molecule has 1 saturated heterocycles. The first-order valence-electron chi connectivity index (χ1n) is 4.60. The summed E-state index contributed by atoms with van der Waals surface area (Å²) in [7, 11) is 0. The van der Waals surface area contributed by atoms with Gasteiger partial charge in [0.1, 0.15) is 0 Å². The van der Waals surface area contributed by atoms with E-state index in [1.807, 2.05) is 0 Å². The Morgan fingerprint density at radius 1 is 1.54 bits per heavy atom. The quantitative estimate of drug-likeness (QED) is 0.667. The number of aromatic amines is 1. The molecule has 4 heteroatoms. The summed E-state index contributed by atoms with van der Waals surface area (Å²) in [6, 6.07) is 3.34. The molecule has 0 aliphatic carbocycles. The van der Waals surface area contributed by atoms with Crippen molar-refractivity contribution in [2.45, 2.75) is 12.8 Å². The Morgan fingerprint density at radius 3 is 3.08 bits per heavy atom. The van der Waals surface area contributed by atoms with E-state index in [-0.39, 0.29) is 5.56 Å². The van der Waals surface area contributed by atoms with E-state index in [9.17, 15) is 4.79 Å². The number of H-pyrrole nitrogens is 1. The Kier molecular flexibility index (Phi) is 2.40. The molecule has 1 aromatic rings. The number of hydrogen-bond donors (Lipinski definition) is 2. The molecule has 2 N–H and O–H groups in total. The third-order valence-electron chi connectivity index (χ3n) is 2.40. The minimum atomic E-state index is -0.131. The lowest BCUT2D eigenvalue weighted by molar-refractivity contribution is 0.566. The van der Waals surface area contributed by atoms with Crippen molar-refractivity contribution in [3.8, 4) is 0 Å². The monoisotopic (exact) mass is 179 g/mol. The van der Waals surface area contributed by atoms with Crippen LogP contribution in [-0.2, 0) is 6.42 Å². The molecule has 0 saturated carbocycles. The summed E-state index contributed by atoms with van der Waals surface area (Å²) in [4.78, 5) is 10.7. The molecule has 70 valence electrons. The fourth-order valence-electron chi connectivity index (χ4n) is 1.67. The molecule has 13 heavy (non-hydrogen) atoms. The number of rotatable bonds is 2. The van der Waals surface area contributed by atoms with Gasteiger partial charge in [-0.05, 0) is 37.9 Å². The molecule has 0 radical (unpaired) electrons. The molecule has 1 aliphatic rings. The Hall–Kier alpha value is -1.16. The second kappa shape index (κ2) is 3.70. The van der Waals surface area contributed by atoms with Crippen molar-refractivity contribution in [2.75, 3.05) is 13.1 Å². The summed E-state index contributed by atoms with van der Waals surface area (Å²) < 4.78 is 0. The van der Waals surface area contributed by atoms with Crippen LogP contribution in [0, 0.1) is 5.92 Å². The van der Waals surface area contributed by atoms with Gasteiger partial charge in [-0.15, -0.1) is 0 Å². The maximum absolute atomic E-state index is 10.7. The van der Waals surface area contributed by atoms with E-state index in [4.69, 9.17) is 0 Å². The van der Waals surface area contributed by atoms with Gasteiger partial charge in [0.15, 0.2) is 0 Å². The first-order valence-corrected chi connectivity index (χ1v) is 4.60. The zero-order valence-corrected chi connectivity index (χ0v) is 7.42. The maximum Gasteiger partial charge on any atom is 0.264 e. The third kappa shape index (κ3) is 2.15. The lowest BCUT2D eigenvalue weighted by Gasteiger charge is -2.05. The Balaban J connectivity index is 2.00. The van der Waals surface area contributed by atoms with Crippen molar-refractivity contribution in [1.29, 1.82) is 0 Å². The highest BCUT2D eigenvalue weighted by Gasteiger charge is 2.15. The third-order valence-corrected chi connectivity index (χ3v) is 2.40. The van der Waals surface area contributed by atoms with Crippen LogP contribution in [0.2, 0.25) is 0 Å². The van der Waals surface area contributed by atoms with E-state index < -0.39 is 0 Å². The first-order chi connectivity index (χ1) is 6.34. The highest BCUT2D eigenvalue weighted by atomic mass is 16.1. The van der Waals surface area contributed by atoms with Crippen LogP contribution in [0.5, 0.6) is 0 Å². The van der Waals surface area contributed by atoms with Gasteiger partial charge in [0, 0.05) is 6.07 Å². The van der Waals surface area contributed by atoms with Crippen molar-refractivity contribution in [3.05, 3.63) is 28.2 Å². The van der Waals surface area contributed by atoms with E-state index in [2.05, 4.69) is 15.5 Å². The second-order valence-electron chi connectivity index (χ2n) is 3.48. The highest BCUT2D eigenvalue weighted by Crippen LogP contribution is 2.12. The Labute approximate surface area is 76.4 Å². The average molecular weight is 179 g/mol. The summed E-state index contributed by atoms with van der Waals surface area (Å²) in [6.45, 7) is 2.18. The van der Waals surface area contributed by atoms with E-state index in [0.29, 0.717) is 5.92 Å². The molecule has 1 unspecified atom stereocenters. The van der Waals surface area contributed by atoms with Gasteiger partial charge < -0.3 is 5.32 Å². The van der Waals surface area contributed by atoms with Gasteiger partial charge >= 0.3 is 0 Å². The van der Waals surface area contributed by atoms with Crippen LogP contribution >= 0.6 is 0 Å². The molecule has 1 fully saturated rings. The molecule has 0 spiro atoms. The van der Waals surface area contributed by atoms with Crippen LogP contribution < -0.4 is 10.9 Å². The second-order valence-corrected chi connectivity index (χ2v) is 3.48. The smallest absolute Gasteiger partial charge is 0.264 e. The number of aromatic nitrogens is 2. The lowest BCUT2D eigenvalue weighted by atomic mass is 10.0. The van der Waals surface area contributed by atoms with Gasteiger partial charge in [0.05, 0.1) is 5.69 Å². The van der Waals surface area contributed by atoms with Gasteiger partial charge in [-0.25, -0.2) is 5.10 Å². The van der Waals surface area contributed by atoms with Crippen molar-refractivity contribution in [3.63, 3.8) is 0 Å². The largest absolute Gasteiger partial charge is 0.316 e. The van der Waals surface area contributed by atoms with Crippen LogP contribution in [0.1, 0.15) is 12.1 Å². The molecule has 0 amide bonds. The van der Waals surface area contributed by atoms with Crippen LogP contribution in [0.15, 0.2) is 16.9 Å². The predicted molar refractivity (Wildman–Crippen MR) is 49.5 cm³/mol. The van der Waals surface area contributed by atoms with E-state index in [1.165, 1.54) is 12.5 Å². The van der Waals surface area contributed by atoms with Gasteiger partial charge in [-0.2, -0.15) is 5.10 Å². The summed E-state index contributed by atoms with van der Waals surface area (Å²) >= 11 is 0. The highest BCUT2D eigenvalue weighted by molar-refractivity contribution is 5.01. The molecular weight excluding hydrogens is 166 g/mol. The number of nitrogens with zero attached hydrogens (tertiary/aromatic N) is 1. The Morgan fingerprint density at radius 2 is 2.46 bits per heavy atom. The van der Waals surface area contributed by atoms with Gasteiger partial charge in [0.2, 0.25) is 0 Å². The van der Waals surface area contributed by atoms with E-state index in [1.54, 1.807) is 6.07 Å². The lowest BCUT2D eigenvalue weighted by Crippen LogP contribution is -2.13.